The van der Waals surface area contributed by atoms with Crippen LogP contribution >= 0.6 is 23.2 Å². The standard InChI is InChI=1S/C10H9Cl2NO2/c11-8-4-6(5-9(12)13-8)10(14)15-7-2-1-3-7/h4-5,7H,1-3H2. The molecule has 1 fully saturated rings. The van der Waals surface area contributed by atoms with Crippen molar-refractivity contribution in [1.82, 2.24) is 4.98 Å². The predicted octanol–water partition coefficient (Wildman–Crippen LogP) is 3.10. The van der Waals surface area contributed by atoms with Crippen molar-refractivity contribution in [3.05, 3.63) is 28.0 Å². The first-order valence-electron chi connectivity index (χ1n) is 4.69. The summed E-state index contributed by atoms with van der Waals surface area (Å²) < 4.78 is 5.20. The van der Waals surface area contributed by atoms with Gasteiger partial charge in [-0.1, -0.05) is 23.2 Å². The maximum absolute atomic E-state index is 11.6. The molecular weight excluding hydrogens is 237 g/mol. The monoisotopic (exact) mass is 245 g/mol. The number of aromatic nitrogens is 1. The van der Waals surface area contributed by atoms with Crippen molar-refractivity contribution in [2.45, 2.75) is 25.4 Å². The van der Waals surface area contributed by atoms with Crippen molar-refractivity contribution in [1.29, 1.82) is 0 Å². The molecule has 1 heterocycles. The number of hydrogen-bond acceptors (Lipinski definition) is 3. The van der Waals surface area contributed by atoms with Crippen LogP contribution in [0.15, 0.2) is 12.1 Å². The van der Waals surface area contributed by atoms with Gasteiger partial charge in [0.25, 0.3) is 0 Å². The molecule has 2 rings (SSSR count). The van der Waals surface area contributed by atoms with Gasteiger partial charge in [-0.2, -0.15) is 0 Å². The van der Waals surface area contributed by atoms with E-state index in [2.05, 4.69) is 4.98 Å². The first-order valence-corrected chi connectivity index (χ1v) is 5.45. The lowest BCUT2D eigenvalue weighted by atomic mass is 9.96. The summed E-state index contributed by atoms with van der Waals surface area (Å²) in [5.74, 6) is -0.383. The van der Waals surface area contributed by atoms with E-state index >= 15 is 0 Å². The highest BCUT2D eigenvalue weighted by Gasteiger charge is 2.22. The molecule has 0 bridgehead atoms. The number of nitrogens with zero attached hydrogens (tertiary/aromatic N) is 1. The van der Waals surface area contributed by atoms with Crippen molar-refractivity contribution in [3.63, 3.8) is 0 Å². The summed E-state index contributed by atoms with van der Waals surface area (Å²) in [6.45, 7) is 0. The Kier molecular flexibility index (Phi) is 3.12. The fourth-order valence-corrected chi connectivity index (χ4v) is 1.75. The van der Waals surface area contributed by atoms with Crippen molar-refractivity contribution < 1.29 is 9.53 Å². The molecule has 1 aromatic heterocycles. The summed E-state index contributed by atoms with van der Waals surface area (Å²) in [6, 6.07) is 2.91. The minimum atomic E-state index is -0.383. The van der Waals surface area contributed by atoms with Crippen molar-refractivity contribution in [3.8, 4) is 0 Å². The van der Waals surface area contributed by atoms with Gasteiger partial charge in [-0.3, -0.25) is 0 Å². The number of ether oxygens (including phenoxy) is 1. The van der Waals surface area contributed by atoms with Crippen LogP contribution in [0.3, 0.4) is 0 Å². The second-order valence-electron chi connectivity index (χ2n) is 3.46. The van der Waals surface area contributed by atoms with E-state index < -0.39 is 0 Å². The van der Waals surface area contributed by atoms with Crippen LogP contribution in [0.25, 0.3) is 0 Å². The van der Waals surface area contributed by atoms with Crippen LogP contribution in [0.4, 0.5) is 0 Å². The van der Waals surface area contributed by atoms with Gasteiger partial charge < -0.3 is 4.74 Å². The van der Waals surface area contributed by atoms with Gasteiger partial charge in [-0.25, -0.2) is 9.78 Å². The van der Waals surface area contributed by atoms with Crippen LogP contribution in [0.5, 0.6) is 0 Å². The second-order valence-corrected chi connectivity index (χ2v) is 4.23. The molecule has 80 valence electrons. The Labute approximate surface area is 97.4 Å². The Morgan fingerprint density at radius 3 is 2.40 bits per heavy atom. The lowest BCUT2D eigenvalue weighted by Crippen LogP contribution is -2.25. The molecular formula is C10H9Cl2NO2. The largest absolute Gasteiger partial charge is 0.459 e. The highest BCUT2D eigenvalue weighted by Crippen LogP contribution is 2.24. The van der Waals surface area contributed by atoms with Crippen LogP contribution in [-0.2, 0) is 4.74 Å². The van der Waals surface area contributed by atoms with E-state index in [0.29, 0.717) is 5.56 Å². The van der Waals surface area contributed by atoms with Crippen LogP contribution in [-0.4, -0.2) is 17.1 Å². The molecule has 0 spiro atoms. The van der Waals surface area contributed by atoms with E-state index in [0.717, 1.165) is 19.3 Å². The van der Waals surface area contributed by atoms with Crippen LogP contribution in [0.2, 0.25) is 10.3 Å². The predicted molar refractivity (Wildman–Crippen MR) is 57.3 cm³/mol. The molecule has 15 heavy (non-hydrogen) atoms. The molecule has 0 amide bonds. The average molecular weight is 246 g/mol. The van der Waals surface area contributed by atoms with E-state index in [4.69, 9.17) is 27.9 Å². The Balaban J connectivity index is 2.10. The normalized spacial score (nSPS) is 15.9. The van der Waals surface area contributed by atoms with Gasteiger partial charge in [0.15, 0.2) is 0 Å². The molecule has 1 aromatic rings. The Morgan fingerprint density at radius 1 is 1.33 bits per heavy atom. The Hall–Kier alpha value is -0.800. The lowest BCUT2D eigenvalue weighted by Gasteiger charge is -2.25. The third-order valence-electron chi connectivity index (χ3n) is 2.32. The molecule has 1 saturated carbocycles. The fourth-order valence-electron chi connectivity index (χ4n) is 1.29. The summed E-state index contributed by atoms with van der Waals surface area (Å²) >= 11 is 11.4. The molecule has 1 aliphatic carbocycles. The van der Waals surface area contributed by atoms with E-state index in [1.807, 2.05) is 0 Å². The average Bonchev–Trinajstić information content (AvgIpc) is 2.09. The number of carbonyl (C=O) groups excluding carboxylic acids is 1. The zero-order valence-corrected chi connectivity index (χ0v) is 9.38. The zero-order valence-electron chi connectivity index (χ0n) is 7.87. The van der Waals surface area contributed by atoms with Gasteiger partial charge in [0.1, 0.15) is 16.4 Å². The molecule has 1 aliphatic rings. The highest BCUT2D eigenvalue weighted by molar-refractivity contribution is 6.32. The number of esters is 1. The van der Waals surface area contributed by atoms with Gasteiger partial charge in [-0.15, -0.1) is 0 Å². The molecule has 0 atom stereocenters. The summed E-state index contributed by atoms with van der Waals surface area (Å²) in [6.07, 6.45) is 3.06. The number of halogens is 2. The summed E-state index contributed by atoms with van der Waals surface area (Å²) in [4.78, 5) is 15.3. The molecule has 5 heteroatoms. The molecule has 0 unspecified atom stereocenters. The van der Waals surface area contributed by atoms with E-state index in [1.54, 1.807) is 0 Å². The van der Waals surface area contributed by atoms with Gasteiger partial charge in [0.05, 0.1) is 5.56 Å². The molecule has 0 saturated heterocycles. The summed E-state index contributed by atoms with van der Waals surface area (Å²) in [5.41, 5.74) is 0.354. The van der Waals surface area contributed by atoms with Crippen LogP contribution in [0.1, 0.15) is 29.6 Å². The van der Waals surface area contributed by atoms with Crippen LogP contribution in [0, 0.1) is 0 Å². The van der Waals surface area contributed by atoms with E-state index in [9.17, 15) is 4.79 Å². The van der Waals surface area contributed by atoms with Crippen molar-refractivity contribution in [2.75, 3.05) is 0 Å². The van der Waals surface area contributed by atoms with Gasteiger partial charge >= 0.3 is 5.97 Å². The number of hydrogen-bond donors (Lipinski definition) is 0. The first-order chi connectivity index (χ1) is 7.15. The molecule has 3 nitrogen and oxygen atoms in total. The minimum Gasteiger partial charge on any atom is -0.459 e. The maximum Gasteiger partial charge on any atom is 0.338 e. The van der Waals surface area contributed by atoms with Crippen molar-refractivity contribution in [2.24, 2.45) is 0 Å². The molecule has 0 aliphatic heterocycles. The number of rotatable bonds is 2. The number of pyridine rings is 1. The first kappa shape index (κ1) is 10.7. The topological polar surface area (TPSA) is 39.2 Å². The summed E-state index contributed by atoms with van der Waals surface area (Å²) in [5, 5.41) is 0.395. The summed E-state index contributed by atoms with van der Waals surface area (Å²) in [7, 11) is 0. The van der Waals surface area contributed by atoms with Crippen molar-refractivity contribution >= 4 is 29.2 Å². The van der Waals surface area contributed by atoms with E-state index in [-0.39, 0.29) is 22.4 Å². The minimum absolute atomic E-state index is 0.0585. The Morgan fingerprint density at radius 2 is 1.93 bits per heavy atom. The zero-order chi connectivity index (χ0) is 10.8. The maximum atomic E-state index is 11.6. The second kappa shape index (κ2) is 4.37. The third kappa shape index (κ3) is 2.61. The van der Waals surface area contributed by atoms with Gasteiger partial charge in [0.2, 0.25) is 0 Å². The smallest absolute Gasteiger partial charge is 0.338 e. The number of carbonyl (C=O) groups is 1. The van der Waals surface area contributed by atoms with Crippen LogP contribution < -0.4 is 0 Å². The van der Waals surface area contributed by atoms with E-state index in [1.165, 1.54) is 12.1 Å². The SMILES string of the molecule is O=C(OC1CCC1)c1cc(Cl)nc(Cl)c1. The molecule has 0 N–H and O–H groups in total. The third-order valence-corrected chi connectivity index (χ3v) is 2.71. The fraction of sp³-hybridized carbons (Fsp3) is 0.400. The quantitative estimate of drug-likeness (QED) is 0.594. The van der Waals surface area contributed by atoms with Gasteiger partial charge in [-0.05, 0) is 31.4 Å². The van der Waals surface area contributed by atoms with Gasteiger partial charge in [0, 0.05) is 0 Å². The Bertz CT molecular complexity index is 371. The highest BCUT2D eigenvalue weighted by atomic mass is 35.5. The lowest BCUT2D eigenvalue weighted by molar-refractivity contribution is 0.00900. The molecule has 0 radical (unpaired) electrons. The molecule has 0 aromatic carbocycles.